The Bertz CT molecular complexity index is 313. The van der Waals surface area contributed by atoms with Gasteiger partial charge in [-0.15, -0.1) is 0 Å². The predicted octanol–water partition coefficient (Wildman–Crippen LogP) is 0.313. The van der Waals surface area contributed by atoms with Crippen LogP contribution in [-0.2, 0) is 9.84 Å². The Morgan fingerprint density at radius 3 is 2.60 bits per heavy atom. The maximum absolute atomic E-state index is 11.5. The predicted molar refractivity (Wildman–Crippen MR) is 60.6 cm³/mol. The van der Waals surface area contributed by atoms with E-state index in [1.54, 1.807) is 0 Å². The monoisotopic (exact) mass is 235 g/mol. The number of rotatable bonds is 4. The minimum atomic E-state index is -3.15. The molecule has 0 saturated heterocycles. The van der Waals surface area contributed by atoms with Crippen molar-refractivity contribution in [1.82, 2.24) is 5.32 Å². The molecule has 1 aliphatic carbocycles. The Morgan fingerprint density at radius 1 is 1.53 bits per heavy atom. The van der Waals surface area contributed by atoms with Crippen LogP contribution in [0.2, 0.25) is 0 Å². The molecule has 0 amide bonds. The molecule has 4 nitrogen and oxygen atoms in total. The average Bonchev–Trinajstić information content (AvgIpc) is 2.44. The fourth-order valence-corrected chi connectivity index (χ4v) is 3.81. The van der Waals surface area contributed by atoms with Crippen molar-refractivity contribution in [2.24, 2.45) is 0 Å². The van der Waals surface area contributed by atoms with Crippen molar-refractivity contribution in [2.45, 2.75) is 50.0 Å². The van der Waals surface area contributed by atoms with Crippen LogP contribution < -0.4 is 5.32 Å². The van der Waals surface area contributed by atoms with E-state index in [-0.39, 0.29) is 6.04 Å². The highest BCUT2D eigenvalue weighted by Crippen LogP contribution is 2.34. The molecule has 0 aromatic rings. The van der Waals surface area contributed by atoms with Crippen LogP contribution >= 0.6 is 0 Å². The number of hydrogen-bond donors (Lipinski definition) is 2. The van der Waals surface area contributed by atoms with Crippen molar-refractivity contribution < 1.29 is 13.5 Å². The quantitative estimate of drug-likeness (QED) is 0.736. The van der Waals surface area contributed by atoms with Crippen LogP contribution in [0.3, 0.4) is 0 Å². The van der Waals surface area contributed by atoms with Crippen LogP contribution in [0, 0.1) is 0 Å². The maximum atomic E-state index is 11.5. The van der Waals surface area contributed by atoms with Gasteiger partial charge in [0, 0.05) is 18.8 Å². The zero-order valence-corrected chi connectivity index (χ0v) is 10.5. The molecule has 1 fully saturated rings. The topological polar surface area (TPSA) is 66.4 Å². The summed E-state index contributed by atoms with van der Waals surface area (Å²) in [5, 5.41) is 12.8. The minimum Gasteiger partial charge on any atom is -0.387 e. The molecular weight excluding hydrogens is 214 g/mol. The molecule has 0 radical (unpaired) electrons. The molecule has 0 aromatic carbocycles. The first kappa shape index (κ1) is 12.9. The standard InChI is InChI=1S/C10H21NO3S/c1-8(2)11-7-10(12)6-4-5-9(10)15(3,13)14/h8-9,11-12H,4-7H2,1-3H3. The van der Waals surface area contributed by atoms with Gasteiger partial charge in [0.2, 0.25) is 0 Å². The lowest BCUT2D eigenvalue weighted by Gasteiger charge is -2.30. The van der Waals surface area contributed by atoms with E-state index in [9.17, 15) is 13.5 Å². The second kappa shape index (κ2) is 4.39. The van der Waals surface area contributed by atoms with E-state index < -0.39 is 20.7 Å². The Hall–Kier alpha value is -0.130. The van der Waals surface area contributed by atoms with Gasteiger partial charge in [-0.2, -0.15) is 0 Å². The van der Waals surface area contributed by atoms with Crippen molar-refractivity contribution in [1.29, 1.82) is 0 Å². The van der Waals surface area contributed by atoms with E-state index in [0.29, 0.717) is 19.4 Å². The molecule has 1 saturated carbocycles. The smallest absolute Gasteiger partial charge is 0.153 e. The van der Waals surface area contributed by atoms with Crippen LogP contribution in [-0.4, -0.2) is 43.2 Å². The van der Waals surface area contributed by atoms with E-state index in [2.05, 4.69) is 5.32 Å². The van der Waals surface area contributed by atoms with Gasteiger partial charge >= 0.3 is 0 Å². The fourth-order valence-electron chi connectivity index (χ4n) is 2.22. The lowest BCUT2D eigenvalue weighted by molar-refractivity contribution is 0.0489. The van der Waals surface area contributed by atoms with Gasteiger partial charge in [0.05, 0.1) is 10.9 Å². The molecule has 0 spiro atoms. The summed E-state index contributed by atoms with van der Waals surface area (Å²) in [6, 6.07) is 0.259. The second-order valence-corrected chi connectivity index (χ2v) is 7.08. The van der Waals surface area contributed by atoms with Crippen molar-refractivity contribution in [3.05, 3.63) is 0 Å². The Morgan fingerprint density at radius 2 is 2.13 bits per heavy atom. The fraction of sp³-hybridized carbons (Fsp3) is 1.00. The third-order valence-electron chi connectivity index (χ3n) is 3.01. The van der Waals surface area contributed by atoms with E-state index in [4.69, 9.17) is 0 Å². The summed E-state index contributed by atoms with van der Waals surface area (Å²) in [4.78, 5) is 0. The van der Waals surface area contributed by atoms with E-state index in [1.807, 2.05) is 13.8 Å². The van der Waals surface area contributed by atoms with Gasteiger partial charge in [-0.3, -0.25) is 0 Å². The van der Waals surface area contributed by atoms with Gasteiger partial charge in [0.25, 0.3) is 0 Å². The largest absolute Gasteiger partial charge is 0.387 e. The SMILES string of the molecule is CC(C)NCC1(O)CCCC1S(C)(=O)=O. The Labute approximate surface area is 92.0 Å². The van der Waals surface area contributed by atoms with E-state index in [1.165, 1.54) is 6.26 Å². The maximum Gasteiger partial charge on any atom is 0.153 e. The van der Waals surface area contributed by atoms with Gasteiger partial charge in [-0.25, -0.2) is 8.42 Å². The first-order valence-electron chi connectivity index (χ1n) is 5.40. The Balaban J connectivity index is 2.73. The third-order valence-corrected chi connectivity index (χ3v) is 4.72. The van der Waals surface area contributed by atoms with E-state index >= 15 is 0 Å². The molecule has 1 rings (SSSR count). The highest BCUT2D eigenvalue weighted by Gasteiger charge is 2.46. The molecule has 0 bridgehead atoms. The molecule has 2 N–H and O–H groups in total. The summed E-state index contributed by atoms with van der Waals surface area (Å²) in [5.74, 6) is 0. The van der Waals surface area contributed by atoms with Gasteiger partial charge in [-0.05, 0) is 19.3 Å². The molecule has 2 unspecified atom stereocenters. The molecule has 15 heavy (non-hydrogen) atoms. The number of aliphatic hydroxyl groups is 1. The lowest BCUT2D eigenvalue weighted by Crippen LogP contribution is -2.50. The number of nitrogens with one attached hydrogen (secondary N) is 1. The highest BCUT2D eigenvalue weighted by atomic mass is 32.2. The molecule has 2 atom stereocenters. The summed E-state index contributed by atoms with van der Waals surface area (Å²) in [5.41, 5.74) is -1.07. The summed E-state index contributed by atoms with van der Waals surface area (Å²) in [6.07, 6.45) is 3.15. The van der Waals surface area contributed by atoms with Crippen LogP contribution in [0.5, 0.6) is 0 Å². The zero-order valence-electron chi connectivity index (χ0n) is 9.66. The molecule has 0 aromatic heterocycles. The molecule has 90 valence electrons. The van der Waals surface area contributed by atoms with Crippen molar-refractivity contribution >= 4 is 9.84 Å². The zero-order chi connectivity index (χ0) is 11.7. The number of hydrogen-bond acceptors (Lipinski definition) is 4. The van der Waals surface area contributed by atoms with Crippen molar-refractivity contribution in [2.75, 3.05) is 12.8 Å². The molecule has 0 heterocycles. The van der Waals surface area contributed by atoms with Crippen molar-refractivity contribution in [3.63, 3.8) is 0 Å². The minimum absolute atomic E-state index is 0.259. The first-order valence-corrected chi connectivity index (χ1v) is 7.36. The molecule has 1 aliphatic rings. The first-order chi connectivity index (χ1) is 6.76. The van der Waals surface area contributed by atoms with Gasteiger partial charge in [-0.1, -0.05) is 13.8 Å². The second-order valence-electron chi connectivity index (χ2n) is 4.85. The molecular formula is C10H21NO3S. The van der Waals surface area contributed by atoms with Crippen LogP contribution in [0.4, 0.5) is 0 Å². The average molecular weight is 235 g/mol. The summed E-state index contributed by atoms with van der Waals surface area (Å²) in [6.45, 7) is 4.32. The van der Waals surface area contributed by atoms with Crippen LogP contribution in [0.25, 0.3) is 0 Å². The highest BCUT2D eigenvalue weighted by molar-refractivity contribution is 7.91. The van der Waals surface area contributed by atoms with Gasteiger partial charge < -0.3 is 10.4 Å². The van der Waals surface area contributed by atoms with E-state index in [0.717, 1.165) is 6.42 Å². The molecule has 5 heteroatoms. The molecule has 0 aliphatic heterocycles. The van der Waals surface area contributed by atoms with Crippen LogP contribution in [0.1, 0.15) is 33.1 Å². The summed E-state index contributed by atoms with van der Waals surface area (Å²) >= 11 is 0. The Kier molecular flexibility index (Phi) is 3.79. The lowest BCUT2D eigenvalue weighted by atomic mass is 10.0. The normalized spacial score (nSPS) is 32.5. The van der Waals surface area contributed by atoms with Gasteiger partial charge in [0.15, 0.2) is 9.84 Å². The summed E-state index contributed by atoms with van der Waals surface area (Å²) < 4.78 is 23.0. The number of sulfone groups is 1. The van der Waals surface area contributed by atoms with Gasteiger partial charge in [0.1, 0.15) is 0 Å². The van der Waals surface area contributed by atoms with Crippen LogP contribution in [0.15, 0.2) is 0 Å². The third kappa shape index (κ3) is 3.16. The van der Waals surface area contributed by atoms with Crippen molar-refractivity contribution in [3.8, 4) is 0 Å². The summed E-state index contributed by atoms with van der Waals surface area (Å²) in [7, 11) is -3.15.